The minimum atomic E-state index is -0.00388. The largest absolute Gasteiger partial charge is 0.497 e. The van der Waals surface area contributed by atoms with E-state index in [1.807, 2.05) is 30.3 Å². The molecule has 0 amide bonds. The summed E-state index contributed by atoms with van der Waals surface area (Å²) in [4.78, 5) is 0. The monoisotopic (exact) mass is 242 g/mol. The molecule has 2 rings (SSSR count). The van der Waals surface area contributed by atoms with Gasteiger partial charge in [-0.15, -0.1) is 0 Å². The molecule has 2 aromatic carbocycles. The van der Waals surface area contributed by atoms with Crippen LogP contribution in [0.2, 0.25) is 0 Å². The molecule has 0 aliphatic rings. The van der Waals surface area contributed by atoms with Gasteiger partial charge >= 0.3 is 0 Å². The number of hydrogen-bond donors (Lipinski definition) is 2. The van der Waals surface area contributed by atoms with Crippen LogP contribution in [0.3, 0.4) is 0 Å². The van der Waals surface area contributed by atoms with Gasteiger partial charge in [-0.3, -0.25) is 5.84 Å². The normalized spacial score (nSPS) is 12.2. The van der Waals surface area contributed by atoms with Crippen molar-refractivity contribution in [2.24, 2.45) is 5.84 Å². The molecule has 0 saturated heterocycles. The molecule has 0 saturated carbocycles. The van der Waals surface area contributed by atoms with Crippen LogP contribution in [0.5, 0.6) is 5.75 Å². The van der Waals surface area contributed by atoms with Gasteiger partial charge in [0, 0.05) is 0 Å². The summed E-state index contributed by atoms with van der Waals surface area (Å²) in [5, 5.41) is 0. The zero-order valence-corrected chi connectivity index (χ0v) is 10.7. The first kappa shape index (κ1) is 12.6. The van der Waals surface area contributed by atoms with Gasteiger partial charge in [0.2, 0.25) is 0 Å². The highest BCUT2D eigenvalue weighted by atomic mass is 16.5. The first-order valence-corrected chi connectivity index (χ1v) is 5.91. The zero-order chi connectivity index (χ0) is 13.0. The minimum absolute atomic E-state index is 0.00388. The lowest BCUT2D eigenvalue weighted by Crippen LogP contribution is -2.28. The molecule has 0 aliphatic heterocycles. The fourth-order valence-corrected chi connectivity index (χ4v) is 2.03. The molecule has 0 radical (unpaired) electrons. The summed E-state index contributed by atoms with van der Waals surface area (Å²) >= 11 is 0. The smallest absolute Gasteiger partial charge is 0.118 e. The van der Waals surface area contributed by atoms with Gasteiger partial charge in [-0.05, 0) is 30.2 Å². The molecule has 18 heavy (non-hydrogen) atoms. The third-order valence-corrected chi connectivity index (χ3v) is 2.99. The van der Waals surface area contributed by atoms with Gasteiger partial charge in [-0.2, -0.15) is 0 Å². The number of hydrazine groups is 1. The molecule has 3 heteroatoms. The highest BCUT2D eigenvalue weighted by Crippen LogP contribution is 2.23. The van der Waals surface area contributed by atoms with Crippen molar-refractivity contribution in [2.75, 3.05) is 7.11 Å². The summed E-state index contributed by atoms with van der Waals surface area (Å²) < 4.78 is 5.16. The predicted octanol–water partition coefficient (Wildman–Crippen LogP) is 2.56. The third-order valence-electron chi connectivity index (χ3n) is 2.99. The van der Waals surface area contributed by atoms with Gasteiger partial charge in [0.25, 0.3) is 0 Å². The number of methoxy groups -OCH3 is 1. The number of nitrogens with one attached hydrogen (secondary N) is 1. The van der Waals surface area contributed by atoms with Gasteiger partial charge < -0.3 is 4.74 Å². The average molecular weight is 242 g/mol. The van der Waals surface area contributed by atoms with E-state index in [4.69, 9.17) is 10.6 Å². The van der Waals surface area contributed by atoms with Crippen molar-refractivity contribution < 1.29 is 4.74 Å². The Kier molecular flexibility index (Phi) is 3.97. The Morgan fingerprint density at radius 3 is 2.33 bits per heavy atom. The van der Waals surface area contributed by atoms with E-state index in [1.165, 1.54) is 5.56 Å². The van der Waals surface area contributed by atoms with Crippen molar-refractivity contribution >= 4 is 0 Å². The van der Waals surface area contributed by atoms with E-state index in [0.29, 0.717) is 0 Å². The second-order valence-corrected chi connectivity index (χ2v) is 4.29. The molecule has 94 valence electrons. The molecule has 0 bridgehead atoms. The number of aryl methyl sites for hydroxylation is 1. The summed E-state index contributed by atoms with van der Waals surface area (Å²) in [6.45, 7) is 2.07. The lowest BCUT2D eigenvalue weighted by atomic mass is 9.98. The first-order valence-electron chi connectivity index (χ1n) is 5.91. The Labute approximate surface area is 108 Å². The molecule has 1 unspecified atom stereocenters. The van der Waals surface area contributed by atoms with Crippen molar-refractivity contribution in [1.82, 2.24) is 5.43 Å². The van der Waals surface area contributed by atoms with E-state index in [0.717, 1.165) is 16.9 Å². The number of rotatable bonds is 4. The Balaban J connectivity index is 2.32. The van der Waals surface area contributed by atoms with E-state index in [2.05, 4.69) is 30.5 Å². The van der Waals surface area contributed by atoms with Crippen molar-refractivity contribution in [2.45, 2.75) is 13.0 Å². The summed E-state index contributed by atoms with van der Waals surface area (Å²) in [6, 6.07) is 16.2. The first-order chi connectivity index (χ1) is 8.74. The van der Waals surface area contributed by atoms with E-state index < -0.39 is 0 Å². The molecule has 2 aromatic rings. The molecule has 0 spiro atoms. The van der Waals surface area contributed by atoms with Crippen LogP contribution in [0.15, 0.2) is 48.5 Å². The maximum atomic E-state index is 5.68. The topological polar surface area (TPSA) is 47.3 Å². The lowest BCUT2D eigenvalue weighted by Gasteiger charge is -2.17. The van der Waals surface area contributed by atoms with Crippen LogP contribution in [-0.2, 0) is 0 Å². The van der Waals surface area contributed by atoms with Crippen molar-refractivity contribution in [3.8, 4) is 5.75 Å². The van der Waals surface area contributed by atoms with Gasteiger partial charge in [0.15, 0.2) is 0 Å². The Morgan fingerprint density at radius 2 is 1.78 bits per heavy atom. The molecule has 3 N–H and O–H groups in total. The number of nitrogens with two attached hydrogens (primary N) is 1. The fourth-order valence-electron chi connectivity index (χ4n) is 2.03. The number of benzene rings is 2. The van der Waals surface area contributed by atoms with E-state index >= 15 is 0 Å². The SMILES string of the molecule is COc1ccc(C(NN)c2cccc(C)c2)cc1. The van der Waals surface area contributed by atoms with Crippen LogP contribution in [-0.4, -0.2) is 7.11 Å². The summed E-state index contributed by atoms with van der Waals surface area (Å²) in [5.74, 6) is 6.52. The second kappa shape index (κ2) is 5.67. The maximum Gasteiger partial charge on any atom is 0.118 e. The van der Waals surface area contributed by atoms with Gasteiger partial charge in [0.1, 0.15) is 5.75 Å². The van der Waals surface area contributed by atoms with E-state index in [1.54, 1.807) is 7.11 Å². The van der Waals surface area contributed by atoms with Crippen LogP contribution in [0.25, 0.3) is 0 Å². The highest BCUT2D eigenvalue weighted by molar-refractivity contribution is 5.36. The molecule has 0 heterocycles. The molecule has 0 fully saturated rings. The quantitative estimate of drug-likeness (QED) is 0.640. The number of hydrogen-bond acceptors (Lipinski definition) is 3. The minimum Gasteiger partial charge on any atom is -0.497 e. The van der Waals surface area contributed by atoms with Crippen molar-refractivity contribution in [3.63, 3.8) is 0 Å². The summed E-state index contributed by atoms with van der Waals surface area (Å²) in [6.07, 6.45) is 0. The van der Waals surface area contributed by atoms with E-state index in [-0.39, 0.29) is 6.04 Å². The molecule has 0 aromatic heterocycles. The van der Waals surface area contributed by atoms with E-state index in [9.17, 15) is 0 Å². The van der Waals surface area contributed by atoms with Crippen molar-refractivity contribution in [3.05, 3.63) is 65.2 Å². The summed E-state index contributed by atoms with van der Waals surface area (Å²) in [5.41, 5.74) is 6.35. The average Bonchev–Trinajstić information content (AvgIpc) is 2.40. The molecular weight excluding hydrogens is 224 g/mol. The van der Waals surface area contributed by atoms with Gasteiger partial charge in [-0.25, -0.2) is 5.43 Å². The van der Waals surface area contributed by atoms with Crippen LogP contribution in [0, 0.1) is 6.92 Å². The third kappa shape index (κ3) is 2.70. The number of ether oxygens (including phenoxy) is 1. The molecule has 3 nitrogen and oxygen atoms in total. The molecule has 0 aliphatic carbocycles. The summed E-state index contributed by atoms with van der Waals surface area (Å²) in [7, 11) is 1.66. The Bertz CT molecular complexity index is 508. The van der Waals surface area contributed by atoms with Crippen LogP contribution in [0.4, 0.5) is 0 Å². The fraction of sp³-hybridized carbons (Fsp3) is 0.200. The Hall–Kier alpha value is -1.84. The highest BCUT2D eigenvalue weighted by Gasteiger charge is 2.12. The van der Waals surface area contributed by atoms with Crippen molar-refractivity contribution in [1.29, 1.82) is 0 Å². The predicted molar refractivity (Wildman–Crippen MR) is 73.3 cm³/mol. The van der Waals surface area contributed by atoms with Crippen LogP contribution >= 0.6 is 0 Å². The van der Waals surface area contributed by atoms with Crippen LogP contribution < -0.4 is 16.0 Å². The zero-order valence-electron chi connectivity index (χ0n) is 10.7. The molecular formula is C15H18N2O. The maximum absolute atomic E-state index is 5.68. The van der Waals surface area contributed by atoms with Gasteiger partial charge in [0.05, 0.1) is 13.2 Å². The lowest BCUT2D eigenvalue weighted by molar-refractivity contribution is 0.414. The standard InChI is InChI=1S/C15H18N2O/c1-11-4-3-5-13(10-11)15(17-16)12-6-8-14(18-2)9-7-12/h3-10,15,17H,16H2,1-2H3. The molecule has 1 atom stereocenters. The van der Waals surface area contributed by atoms with Crippen LogP contribution in [0.1, 0.15) is 22.7 Å². The second-order valence-electron chi connectivity index (χ2n) is 4.29. The Morgan fingerprint density at radius 1 is 1.06 bits per heavy atom. The van der Waals surface area contributed by atoms with Gasteiger partial charge in [-0.1, -0.05) is 42.0 Å².